The van der Waals surface area contributed by atoms with Crippen molar-refractivity contribution in [1.82, 2.24) is 9.80 Å². The molecule has 1 amide bonds. The number of unbranched alkanes of at least 4 members (excludes halogenated alkanes) is 2. The number of nitrogens with zero attached hydrogens (tertiary/aromatic N) is 2. The molecule has 1 aliphatic rings. The fourth-order valence-corrected chi connectivity index (χ4v) is 2.78. The Balaban J connectivity index is 2.28. The molecule has 1 fully saturated rings. The van der Waals surface area contributed by atoms with Crippen LogP contribution in [-0.2, 0) is 4.79 Å². The van der Waals surface area contributed by atoms with E-state index in [1.165, 1.54) is 25.8 Å². The van der Waals surface area contributed by atoms with E-state index < -0.39 is 0 Å². The van der Waals surface area contributed by atoms with Gasteiger partial charge in [-0.15, -0.1) is 0 Å². The summed E-state index contributed by atoms with van der Waals surface area (Å²) in [5.74, 6) is 0.667. The Hall–Kier alpha value is -0.570. The van der Waals surface area contributed by atoms with Gasteiger partial charge in [-0.2, -0.15) is 0 Å². The molecule has 0 atom stereocenters. The first-order valence-corrected chi connectivity index (χ1v) is 7.74. The van der Waals surface area contributed by atoms with E-state index in [4.69, 9.17) is 0 Å². The molecule has 3 nitrogen and oxygen atoms in total. The zero-order chi connectivity index (χ0) is 13.4. The van der Waals surface area contributed by atoms with Gasteiger partial charge in [-0.3, -0.25) is 4.79 Å². The number of likely N-dealkylation sites (tertiary alicyclic amines) is 1. The molecule has 0 aromatic carbocycles. The average molecular weight is 254 g/mol. The van der Waals surface area contributed by atoms with Gasteiger partial charge in [0.25, 0.3) is 0 Å². The van der Waals surface area contributed by atoms with Crippen LogP contribution < -0.4 is 0 Å². The molecule has 18 heavy (non-hydrogen) atoms. The Morgan fingerprint density at radius 3 is 2.22 bits per heavy atom. The summed E-state index contributed by atoms with van der Waals surface area (Å²) in [5, 5.41) is 0. The fraction of sp³-hybridized carbons (Fsp3) is 0.933. The van der Waals surface area contributed by atoms with E-state index in [9.17, 15) is 4.79 Å². The van der Waals surface area contributed by atoms with E-state index in [0.717, 1.165) is 39.0 Å². The maximum Gasteiger partial charge on any atom is 0.225 e. The van der Waals surface area contributed by atoms with Crippen molar-refractivity contribution < 1.29 is 4.79 Å². The van der Waals surface area contributed by atoms with Crippen molar-refractivity contribution >= 4 is 5.91 Å². The second-order valence-corrected chi connectivity index (χ2v) is 5.33. The number of rotatable bonds is 7. The van der Waals surface area contributed by atoms with Crippen molar-refractivity contribution in [3.63, 3.8) is 0 Å². The third-order valence-corrected chi connectivity index (χ3v) is 4.09. The Bertz CT molecular complexity index is 231. The Kier molecular flexibility index (Phi) is 7.33. The van der Waals surface area contributed by atoms with Gasteiger partial charge >= 0.3 is 0 Å². The lowest BCUT2D eigenvalue weighted by atomic mass is 9.95. The highest BCUT2D eigenvalue weighted by molar-refractivity contribution is 5.78. The highest BCUT2D eigenvalue weighted by Gasteiger charge is 2.26. The van der Waals surface area contributed by atoms with E-state index in [-0.39, 0.29) is 5.92 Å². The van der Waals surface area contributed by atoms with Crippen molar-refractivity contribution in [2.24, 2.45) is 5.92 Å². The lowest BCUT2D eigenvalue weighted by Gasteiger charge is -2.33. The van der Waals surface area contributed by atoms with Crippen LogP contribution in [0.15, 0.2) is 0 Å². The Labute approximate surface area is 113 Å². The maximum atomic E-state index is 12.2. The summed E-state index contributed by atoms with van der Waals surface area (Å²) in [4.78, 5) is 16.7. The average Bonchev–Trinajstić information content (AvgIpc) is 2.41. The monoisotopic (exact) mass is 254 g/mol. The van der Waals surface area contributed by atoms with Crippen molar-refractivity contribution in [3.8, 4) is 0 Å². The smallest absolute Gasteiger partial charge is 0.225 e. The van der Waals surface area contributed by atoms with Crippen LogP contribution in [0.5, 0.6) is 0 Å². The van der Waals surface area contributed by atoms with Crippen molar-refractivity contribution in [3.05, 3.63) is 0 Å². The summed E-state index contributed by atoms with van der Waals surface area (Å²) in [7, 11) is 0. The molecular formula is C15H30N2O. The van der Waals surface area contributed by atoms with Crippen LogP contribution in [0.3, 0.4) is 0 Å². The lowest BCUT2D eigenvalue weighted by Crippen LogP contribution is -2.42. The molecule has 0 saturated carbocycles. The maximum absolute atomic E-state index is 12.2. The second-order valence-electron chi connectivity index (χ2n) is 5.33. The first-order chi connectivity index (χ1) is 8.72. The number of carbonyl (C=O) groups is 1. The van der Waals surface area contributed by atoms with Crippen LogP contribution in [0, 0.1) is 5.92 Å². The van der Waals surface area contributed by atoms with Crippen molar-refractivity contribution in [2.45, 2.75) is 52.9 Å². The first-order valence-electron chi connectivity index (χ1n) is 7.74. The third-order valence-electron chi connectivity index (χ3n) is 4.09. The molecular weight excluding hydrogens is 224 g/mol. The zero-order valence-corrected chi connectivity index (χ0v) is 12.5. The molecule has 3 heteroatoms. The molecule has 0 unspecified atom stereocenters. The van der Waals surface area contributed by atoms with Gasteiger partial charge in [0.1, 0.15) is 0 Å². The molecule has 0 N–H and O–H groups in total. The number of amides is 1. The van der Waals surface area contributed by atoms with Gasteiger partial charge in [0, 0.05) is 19.0 Å². The standard InChI is InChI=1S/C15H30N2O/c1-4-7-8-11-16-12-9-14(10-13-16)15(18)17(5-2)6-3/h14H,4-13H2,1-3H3. The molecule has 1 aliphatic heterocycles. The van der Waals surface area contributed by atoms with Gasteiger partial charge in [0.05, 0.1) is 0 Å². The summed E-state index contributed by atoms with van der Waals surface area (Å²) < 4.78 is 0. The van der Waals surface area contributed by atoms with Crippen LogP contribution >= 0.6 is 0 Å². The van der Waals surface area contributed by atoms with Crippen molar-refractivity contribution in [1.29, 1.82) is 0 Å². The molecule has 1 saturated heterocycles. The van der Waals surface area contributed by atoms with Gasteiger partial charge < -0.3 is 9.80 Å². The third kappa shape index (κ3) is 4.60. The number of piperidine rings is 1. The molecule has 0 bridgehead atoms. The minimum Gasteiger partial charge on any atom is -0.343 e. The molecule has 106 valence electrons. The summed E-state index contributed by atoms with van der Waals surface area (Å²) in [6, 6.07) is 0. The summed E-state index contributed by atoms with van der Waals surface area (Å²) in [6.07, 6.45) is 6.04. The van der Waals surface area contributed by atoms with Gasteiger partial charge in [-0.1, -0.05) is 19.8 Å². The van der Waals surface area contributed by atoms with Crippen LogP contribution in [0.25, 0.3) is 0 Å². The predicted molar refractivity (Wildman–Crippen MR) is 76.6 cm³/mol. The van der Waals surface area contributed by atoms with E-state index in [0.29, 0.717) is 5.91 Å². The molecule has 0 aliphatic carbocycles. The van der Waals surface area contributed by atoms with E-state index >= 15 is 0 Å². The molecule has 1 rings (SSSR count). The molecule has 1 heterocycles. The number of hydrogen-bond donors (Lipinski definition) is 0. The first kappa shape index (κ1) is 15.5. The van der Waals surface area contributed by atoms with Gasteiger partial charge in [-0.05, 0) is 52.7 Å². The number of carbonyl (C=O) groups excluding carboxylic acids is 1. The second kappa shape index (κ2) is 8.52. The topological polar surface area (TPSA) is 23.6 Å². The number of hydrogen-bond acceptors (Lipinski definition) is 2. The van der Waals surface area contributed by atoms with E-state index in [1.54, 1.807) is 0 Å². The Morgan fingerprint density at radius 1 is 1.11 bits per heavy atom. The quantitative estimate of drug-likeness (QED) is 0.652. The minimum absolute atomic E-state index is 0.285. The fourth-order valence-electron chi connectivity index (χ4n) is 2.78. The van der Waals surface area contributed by atoms with E-state index in [1.807, 2.05) is 4.90 Å². The van der Waals surface area contributed by atoms with Gasteiger partial charge in [-0.25, -0.2) is 0 Å². The largest absolute Gasteiger partial charge is 0.343 e. The van der Waals surface area contributed by atoms with Gasteiger partial charge in [0.2, 0.25) is 5.91 Å². The summed E-state index contributed by atoms with van der Waals surface area (Å²) in [5.41, 5.74) is 0. The predicted octanol–water partition coefficient (Wildman–Crippen LogP) is 2.76. The van der Waals surface area contributed by atoms with Crippen LogP contribution in [0.2, 0.25) is 0 Å². The minimum atomic E-state index is 0.285. The zero-order valence-electron chi connectivity index (χ0n) is 12.5. The van der Waals surface area contributed by atoms with Crippen molar-refractivity contribution in [2.75, 3.05) is 32.7 Å². The highest BCUT2D eigenvalue weighted by Crippen LogP contribution is 2.20. The molecule has 0 radical (unpaired) electrons. The summed E-state index contributed by atoms with van der Waals surface area (Å²) >= 11 is 0. The molecule has 0 spiro atoms. The van der Waals surface area contributed by atoms with E-state index in [2.05, 4.69) is 25.7 Å². The van der Waals surface area contributed by atoms with Crippen LogP contribution in [0.1, 0.15) is 52.9 Å². The molecule has 0 aromatic heterocycles. The summed E-state index contributed by atoms with van der Waals surface area (Å²) in [6.45, 7) is 11.5. The lowest BCUT2D eigenvalue weighted by molar-refractivity contribution is -0.136. The Morgan fingerprint density at radius 2 is 1.72 bits per heavy atom. The van der Waals surface area contributed by atoms with Crippen LogP contribution in [0.4, 0.5) is 0 Å². The highest BCUT2D eigenvalue weighted by atomic mass is 16.2. The SMILES string of the molecule is CCCCCN1CCC(C(=O)N(CC)CC)CC1. The molecule has 0 aromatic rings. The normalized spacial score (nSPS) is 17.9. The van der Waals surface area contributed by atoms with Crippen LogP contribution in [-0.4, -0.2) is 48.4 Å². The van der Waals surface area contributed by atoms with Gasteiger partial charge in [0.15, 0.2) is 0 Å².